The molecule has 4 saturated carbocycles. The average Bonchev–Trinajstić information content (AvgIpc) is 2.88. The molecule has 4 bridgehead atoms. The van der Waals surface area contributed by atoms with E-state index >= 15 is 0 Å². The highest BCUT2D eigenvalue weighted by Gasteiger charge is 2.66. The second-order valence-corrected chi connectivity index (χ2v) is 13.1. The van der Waals surface area contributed by atoms with E-state index in [1.54, 1.807) is 24.3 Å². The van der Waals surface area contributed by atoms with Gasteiger partial charge in [-0.1, -0.05) is 78.4 Å². The molecule has 186 valence electrons. The van der Waals surface area contributed by atoms with Crippen molar-refractivity contribution in [1.29, 1.82) is 0 Å². The molecular formula is C30H32N2O3S. The van der Waals surface area contributed by atoms with Crippen molar-refractivity contribution < 1.29 is 13.2 Å². The quantitative estimate of drug-likeness (QED) is 0.459. The maximum atomic E-state index is 13.9. The fourth-order valence-corrected chi connectivity index (χ4v) is 8.78. The van der Waals surface area contributed by atoms with E-state index in [9.17, 15) is 13.2 Å². The van der Waals surface area contributed by atoms with Crippen molar-refractivity contribution in [2.45, 2.75) is 61.2 Å². The number of hydrogen-bond acceptors (Lipinski definition) is 3. The third-order valence-electron chi connectivity index (χ3n) is 8.95. The zero-order valence-electron chi connectivity index (χ0n) is 20.5. The molecular weight excluding hydrogens is 468 g/mol. The van der Waals surface area contributed by atoms with Gasteiger partial charge in [0.2, 0.25) is 5.91 Å². The molecule has 4 aliphatic rings. The van der Waals surface area contributed by atoms with Crippen molar-refractivity contribution in [3.8, 4) is 0 Å². The number of nitrogens with one attached hydrogen (secondary N) is 2. The van der Waals surface area contributed by atoms with Crippen LogP contribution in [0.5, 0.6) is 0 Å². The first kappa shape index (κ1) is 23.4. The monoisotopic (exact) mass is 500 g/mol. The summed E-state index contributed by atoms with van der Waals surface area (Å²) in [4.78, 5) is 16.5. The molecule has 0 spiro atoms. The van der Waals surface area contributed by atoms with Gasteiger partial charge < -0.3 is 0 Å². The highest BCUT2D eigenvalue weighted by atomic mass is 32.2. The Kier molecular flexibility index (Phi) is 5.39. The topological polar surface area (TPSA) is 75.3 Å². The SMILES string of the molecule is Cc1ccc(S(=O)(=O)NNC(=O)C23CC4C[C@](c5ccccc5)(C2)C[C@](c2ccccc2)(C4)C3)cc1. The molecule has 1 amide bonds. The Bertz CT molecular complexity index is 1330. The van der Waals surface area contributed by atoms with Crippen LogP contribution in [0.15, 0.2) is 89.8 Å². The Labute approximate surface area is 213 Å². The van der Waals surface area contributed by atoms with Gasteiger partial charge in [-0.15, -0.1) is 4.83 Å². The van der Waals surface area contributed by atoms with E-state index in [0.717, 1.165) is 44.1 Å². The molecule has 0 radical (unpaired) electrons. The summed E-state index contributed by atoms with van der Waals surface area (Å²) in [5, 5.41) is 0. The Morgan fingerprint density at radius 1 is 0.750 bits per heavy atom. The van der Waals surface area contributed by atoms with Gasteiger partial charge in [0.15, 0.2) is 0 Å². The van der Waals surface area contributed by atoms with E-state index < -0.39 is 15.4 Å². The number of hydrazine groups is 1. The Morgan fingerprint density at radius 2 is 1.28 bits per heavy atom. The van der Waals surface area contributed by atoms with E-state index in [2.05, 4.69) is 58.8 Å². The standard InChI is InChI=1S/C30H32N2O3S/c1-22-12-14-26(15-13-22)36(34,35)32-31-27(33)30-18-23-16-28(20-30,24-8-4-2-5-9-24)19-29(17-23,21-30)25-10-6-3-7-11-25/h2-15,23,32H,16-21H2,1H3,(H,31,33)/t23?,28-,29-,30?/m1/s1. The minimum Gasteiger partial charge on any atom is -0.277 e. The number of carbonyl (C=O) groups excluding carboxylic acids is 1. The maximum absolute atomic E-state index is 13.9. The molecule has 2 N–H and O–H groups in total. The minimum atomic E-state index is -3.86. The van der Waals surface area contributed by atoms with Gasteiger partial charge in [0.25, 0.3) is 10.0 Å². The van der Waals surface area contributed by atoms with E-state index in [4.69, 9.17) is 0 Å². The van der Waals surface area contributed by atoms with Crippen LogP contribution in [0.25, 0.3) is 0 Å². The van der Waals surface area contributed by atoms with Crippen LogP contribution >= 0.6 is 0 Å². The van der Waals surface area contributed by atoms with Crippen LogP contribution in [0.2, 0.25) is 0 Å². The van der Waals surface area contributed by atoms with Crippen LogP contribution in [0, 0.1) is 18.3 Å². The highest BCUT2D eigenvalue weighted by Crippen LogP contribution is 2.70. The summed E-state index contributed by atoms with van der Waals surface area (Å²) >= 11 is 0. The number of sulfonamides is 1. The number of benzene rings is 3. The van der Waals surface area contributed by atoms with Crippen LogP contribution < -0.4 is 10.3 Å². The van der Waals surface area contributed by atoms with E-state index in [1.807, 2.05) is 19.1 Å². The summed E-state index contributed by atoms with van der Waals surface area (Å²) in [6.07, 6.45) is 5.47. The van der Waals surface area contributed by atoms with Crippen molar-refractivity contribution in [2.24, 2.45) is 11.3 Å². The van der Waals surface area contributed by atoms with Crippen molar-refractivity contribution in [1.82, 2.24) is 10.3 Å². The summed E-state index contributed by atoms with van der Waals surface area (Å²) in [6.45, 7) is 1.91. The second kappa shape index (κ2) is 8.29. The number of hydrogen-bond donors (Lipinski definition) is 2. The summed E-state index contributed by atoms with van der Waals surface area (Å²) in [5.41, 5.74) is 5.41. The van der Waals surface area contributed by atoms with Crippen molar-refractivity contribution in [3.63, 3.8) is 0 Å². The lowest BCUT2D eigenvalue weighted by Gasteiger charge is -2.66. The third-order valence-corrected chi connectivity index (χ3v) is 10.2. The number of aryl methyl sites for hydroxylation is 1. The van der Waals surface area contributed by atoms with Gasteiger partial charge in [-0.05, 0) is 85.5 Å². The predicted molar refractivity (Wildman–Crippen MR) is 140 cm³/mol. The van der Waals surface area contributed by atoms with Gasteiger partial charge in [0, 0.05) is 0 Å². The van der Waals surface area contributed by atoms with Gasteiger partial charge in [-0.25, -0.2) is 8.42 Å². The zero-order chi connectivity index (χ0) is 25.0. The van der Waals surface area contributed by atoms with Crippen molar-refractivity contribution in [3.05, 3.63) is 102 Å². The fourth-order valence-electron chi connectivity index (χ4n) is 7.94. The van der Waals surface area contributed by atoms with Crippen LogP contribution in [0.4, 0.5) is 0 Å². The lowest BCUT2D eigenvalue weighted by Crippen LogP contribution is -2.65. The van der Waals surface area contributed by atoms with Gasteiger partial charge >= 0.3 is 0 Å². The largest absolute Gasteiger partial charge is 0.277 e. The van der Waals surface area contributed by atoms with E-state index in [0.29, 0.717) is 5.92 Å². The van der Waals surface area contributed by atoms with Gasteiger partial charge in [-0.2, -0.15) is 0 Å². The summed E-state index contributed by atoms with van der Waals surface area (Å²) in [6, 6.07) is 27.9. The molecule has 3 aromatic carbocycles. The normalized spacial score (nSPS) is 30.8. The van der Waals surface area contributed by atoms with Crippen molar-refractivity contribution in [2.75, 3.05) is 0 Å². The van der Waals surface area contributed by atoms with Crippen molar-refractivity contribution >= 4 is 15.9 Å². The summed E-state index contributed by atoms with van der Waals surface area (Å²) < 4.78 is 25.8. The molecule has 5 nitrogen and oxygen atoms in total. The zero-order valence-corrected chi connectivity index (χ0v) is 21.4. The first-order chi connectivity index (χ1) is 17.2. The van der Waals surface area contributed by atoms with E-state index in [-0.39, 0.29) is 21.6 Å². The lowest BCUT2D eigenvalue weighted by molar-refractivity contribution is -0.153. The molecule has 6 heteroatoms. The Morgan fingerprint density at radius 3 is 1.81 bits per heavy atom. The molecule has 3 aromatic rings. The average molecular weight is 501 g/mol. The van der Waals surface area contributed by atoms with Gasteiger partial charge in [0.05, 0.1) is 10.3 Å². The molecule has 0 saturated heterocycles. The minimum absolute atomic E-state index is 0.0936. The van der Waals surface area contributed by atoms with Crippen LogP contribution in [-0.2, 0) is 25.6 Å². The molecule has 7 rings (SSSR count). The molecule has 0 unspecified atom stereocenters. The van der Waals surface area contributed by atoms with E-state index in [1.165, 1.54) is 11.1 Å². The molecule has 2 atom stereocenters. The molecule has 0 aromatic heterocycles. The highest BCUT2D eigenvalue weighted by molar-refractivity contribution is 7.89. The first-order valence-electron chi connectivity index (χ1n) is 12.7. The number of rotatable bonds is 6. The smallest absolute Gasteiger partial charge is 0.257 e. The van der Waals surface area contributed by atoms with Gasteiger partial charge in [-0.3, -0.25) is 10.2 Å². The number of amides is 1. The third kappa shape index (κ3) is 3.78. The summed E-state index contributed by atoms with van der Waals surface area (Å²) in [5.74, 6) is 0.212. The molecule has 4 fully saturated rings. The molecule has 36 heavy (non-hydrogen) atoms. The van der Waals surface area contributed by atoms with Crippen LogP contribution in [0.3, 0.4) is 0 Å². The fraction of sp³-hybridized carbons (Fsp3) is 0.367. The predicted octanol–water partition coefficient (Wildman–Crippen LogP) is 5.16. The summed E-state index contributed by atoms with van der Waals surface area (Å²) in [7, 11) is -3.86. The Balaban J connectivity index is 1.35. The van der Waals surface area contributed by atoms with Crippen LogP contribution in [-0.4, -0.2) is 14.3 Å². The lowest BCUT2D eigenvalue weighted by atomic mass is 9.37. The molecule has 4 aliphatic carbocycles. The Hall–Kier alpha value is -2.96. The maximum Gasteiger partial charge on any atom is 0.257 e. The number of carbonyl (C=O) groups is 1. The first-order valence-corrected chi connectivity index (χ1v) is 14.2. The molecule has 0 heterocycles. The van der Waals surface area contributed by atoms with Crippen LogP contribution in [0.1, 0.15) is 55.2 Å². The van der Waals surface area contributed by atoms with Gasteiger partial charge in [0.1, 0.15) is 0 Å². The second-order valence-electron chi connectivity index (χ2n) is 11.5. The molecule has 0 aliphatic heterocycles.